The molecule has 5 nitrogen and oxygen atoms in total. The van der Waals surface area contributed by atoms with Crippen molar-refractivity contribution in [2.75, 3.05) is 23.8 Å². The molecule has 2 rings (SSSR count). The molecule has 0 saturated carbocycles. The lowest BCUT2D eigenvalue weighted by Gasteiger charge is -2.21. The van der Waals surface area contributed by atoms with Gasteiger partial charge in [-0.3, -0.25) is 4.79 Å². The number of hydrogen-bond donors (Lipinski definition) is 1. The molecule has 7 heteroatoms. The van der Waals surface area contributed by atoms with Crippen molar-refractivity contribution in [2.45, 2.75) is 39.5 Å². The third-order valence-corrected chi connectivity index (χ3v) is 4.49. The van der Waals surface area contributed by atoms with Crippen molar-refractivity contribution >= 4 is 40.6 Å². The first kappa shape index (κ1) is 20.5. The first-order chi connectivity index (χ1) is 12.2. The minimum atomic E-state index is -0.224. The van der Waals surface area contributed by atoms with E-state index < -0.39 is 0 Å². The van der Waals surface area contributed by atoms with Gasteiger partial charge in [-0.1, -0.05) is 57.0 Å². The van der Waals surface area contributed by atoms with E-state index in [1.165, 1.54) is 0 Å². The largest absolute Gasteiger partial charge is 0.350 e. The van der Waals surface area contributed by atoms with E-state index in [1.807, 2.05) is 13.1 Å². The van der Waals surface area contributed by atoms with Crippen molar-refractivity contribution in [1.82, 2.24) is 9.97 Å². The summed E-state index contributed by atoms with van der Waals surface area (Å²) in [6.45, 7) is 8.39. The summed E-state index contributed by atoms with van der Waals surface area (Å²) in [4.78, 5) is 23.4. The molecular weight excluding hydrogens is 371 g/mol. The van der Waals surface area contributed by atoms with Crippen LogP contribution in [0.15, 0.2) is 24.3 Å². The Hall–Kier alpha value is -1.85. The topological polar surface area (TPSA) is 58.1 Å². The molecule has 0 aliphatic heterocycles. The molecule has 0 aliphatic rings. The highest BCUT2D eigenvalue weighted by Crippen LogP contribution is 2.29. The molecule has 1 amide bonds. The maximum Gasteiger partial charge on any atom is 0.244 e. The van der Waals surface area contributed by atoms with E-state index in [-0.39, 0.29) is 24.3 Å². The lowest BCUT2D eigenvalue weighted by atomic mass is 10.1. The zero-order valence-electron chi connectivity index (χ0n) is 15.7. The van der Waals surface area contributed by atoms with Gasteiger partial charge in [-0.05, 0) is 18.1 Å². The molecule has 0 spiro atoms. The highest BCUT2D eigenvalue weighted by Gasteiger charge is 2.16. The molecule has 2 aromatic rings. The van der Waals surface area contributed by atoms with Crippen LogP contribution in [0.25, 0.3) is 0 Å². The van der Waals surface area contributed by atoms with Crippen LogP contribution in [0.5, 0.6) is 0 Å². The minimum Gasteiger partial charge on any atom is -0.350 e. The monoisotopic (exact) mass is 394 g/mol. The second-order valence-corrected chi connectivity index (χ2v) is 7.63. The number of para-hydroxylation sites is 1. The molecular formula is C19H24Cl2N4O. The number of rotatable bonds is 6. The van der Waals surface area contributed by atoms with Gasteiger partial charge in [0.05, 0.1) is 22.3 Å². The normalized spacial score (nSPS) is 11.1. The Morgan fingerprint density at radius 2 is 1.73 bits per heavy atom. The number of hydrogen-bond acceptors (Lipinski definition) is 4. The summed E-state index contributed by atoms with van der Waals surface area (Å²) in [5, 5.41) is 3.57. The number of carbonyl (C=O) groups is 1. The Kier molecular flexibility index (Phi) is 6.84. The maximum atomic E-state index is 12.4. The van der Waals surface area contributed by atoms with E-state index in [0.717, 1.165) is 11.5 Å². The van der Waals surface area contributed by atoms with Crippen molar-refractivity contribution in [3.63, 3.8) is 0 Å². The zero-order valence-corrected chi connectivity index (χ0v) is 17.2. The molecule has 1 aromatic heterocycles. The van der Waals surface area contributed by atoms with Crippen LogP contribution in [0.4, 0.5) is 11.5 Å². The third kappa shape index (κ3) is 5.08. The van der Waals surface area contributed by atoms with E-state index >= 15 is 0 Å². The molecule has 0 fully saturated rings. The van der Waals surface area contributed by atoms with Crippen LogP contribution < -0.4 is 10.2 Å². The number of halogens is 2. The van der Waals surface area contributed by atoms with E-state index in [9.17, 15) is 4.79 Å². The van der Waals surface area contributed by atoms with Gasteiger partial charge in [0.15, 0.2) is 0 Å². The Morgan fingerprint density at radius 3 is 2.27 bits per heavy atom. The molecule has 0 aliphatic carbocycles. The summed E-state index contributed by atoms with van der Waals surface area (Å²) in [6.07, 6.45) is 0. The molecule has 0 saturated heterocycles. The fraction of sp³-hybridized carbons (Fsp3) is 0.421. The lowest BCUT2D eigenvalue weighted by molar-refractivity contribution is -0.114. The standard InChI is InChI=1S/C19H24Cl2N4O/c1-11(2)15-9-16(23-19(22-15)12(3)4)25(5)10-17(26)24-18-13(20)7-6-8-14(18)21/h6-9,11-12H,10H2,1-5H3,(H,24,26). The van der Waals surface area contributed by atoms with Crippen LogP contribution in [0, 0.1) is 0 Å². The second kappa shape index (κ2) is 8.69. The zero-order chi connectivity index (χ0) is 19.4. The van der Waals surface area contributed by atoms with Crippen LogP contribution in [0.3, 0.4) is 0 Å². The van der Waals surface area contributed by atoms with Crippen LogP contribution in [-0.4, -0.2) is 29.5 Å². The Balaban J connectivity index is 2.18. The number of anilines is 2. The van der Waals surface area contributed by atoms with Crippen LogP contribution >= 0.6 is 23.2 Å². The Labute approximate surface area is 164 Å². The smallest absolute Gasteiger partial charge is 0.244 e. The third-order valence-electron chi connectivity index (χ3n) is 3.86. The number of aromatic nitrogens is 2. The van der Waals surface area contributed by atoms with Gasteiger partial charge in [0.25, 0.3) is 0 Å². The van der Waals surface area contributed by atoms with E-state index in [2.05, 4.69) is 43.0 Å². The Morgan fingerprint density at radius 1 is 1.12 bits per heavy atom. The fourth-order valence-corrected chi connectivity index (χ4v) is 2.81. The van der Waals surface area contributed by atoms with Gasteiger partial charge >= 0.3 is 0 Å². The summed E-state index contributed by atoms with van der Waals surface area (Å²) in [5.74, 6) is 1.74. The number of benzene rings is 1. The SMILES string of the molecule is CC(C)c1cc(N(C)CC(=O)Nc2c(Cl)cccc2Cl)nc(C(C)C)n1. The molecule has 0 radical (unpaired) electrons. The fourth-order valence-electron chi connectivity index (χ4n) is 2.31. The molecule has 0 bridgehead atoms. The van der Waals surface area contributed by atoms with Gasteiger partial charge in [0.1, 0.15) is 11.6 Å². The lowest BCUT2D eigenvalue weighted by Crippen LogP contribution is -2.31. The van der Waals surface area contributed by atoms with Gasteiger partial charge in [0.2, 0.25) is 5.91 Å². The molecule has 26 heavy (non-hydrogen) atoms. The van der Waals surface area contributed by atoms with Gasteiger partial charge in [-0.15, -0.1) is 0 Å². The van der Waals surface area contributed by atoms with Crippen LogP contribution in [0.1, 0.15) is 51.0 Å². The molecule has 0 atom stereocenters. The number of carbonyl (C=O) groups excluding carboxylic acids is 1. The van der Waals surface area contributed by atoms with Crippen molar-refractivity contribution in [3.8, 4) is 0 Å². The van der Waals surface area contributed by atoms with Crippen molar-refractivity contribution in [3.05, 3.63) is 45.8 Å². The van der Waals surface area contributed by atoms with Gasteiger partial charge in [-0.25, -0.2) is 9.97 Å². The number of nitrogens with zero attached hydrogens (tertiary/aromatic N) is 3. The van der Waals surface area contributed by atoms with Crippen molar-refractivity contribution in [1.29, 1.82) is 0 Å². The van der Waals surface area contributed by atoms with Crippen molar-refractivity contribution in [2.24, 2.45) is 0 Å². The summed E-state index contributed by atoms with van der Waals surface area (Å²) < 4.78 is 0. The predicted molar refractivity (Wildman–Crippen MR) is 109 cm³/mol. The first-order valence-electron chi connectivity index (χ1n) is 8.53. The van der Waals surface area contributed by atoms with E-state index in [4.69, 9.17) is 23.2 Å². The highest BCUT2D eigenvalue weighted by atomic mass is 35.5. The van der Waals surface area contributed by atoms with Crippen LogP contribution in [-0.2, 0) is 4.79 Å². The predicted octanol–water partition coefficient (Wildman–Crippen LogP) is 5.11. The summed E-state index contributed by atoms with van der Waals surface area (Å²) >= 11 is 12.2. The van der Waals surface area contributed by atoms with Gasteiger partial charge < -0.3 is 10.2 Å². The average molecular weight is 395 g/mol. The number of nitrogens with one attached hydrogen (secondary N) is 1. The Bertz CT molecular complexity index is 747. The maximum absolute atomic E-state index is 12.4. The van der Waals surface area contributed by atoms with E-state index in [0.29, 0.717) is 21.6 Å². The second-order valence-electron chi connectivity index (χ2n) is 6.82. The van der Waals surface area contributed by atoms with Gasteiger partial charge in [0, 0.05) is 24.7 Å². The molecule has 1 heterocycles. The number of amides is 1. The molecule has 140 valence electrons. The summed E-state index contributed by atoms with van der Waals surface area (Å²) in [7, 11) is 1.82. The highest BCUT2D eigenvalue weighted by molar-refractivity contribution is 6.39. The minimum absolute atomic E-state index is 0.119. The quantitative estimate of drug-likeness (QED) is 0.739. The summed E-state index contributed by atoms with van der Waals surface area (Å²) in [6, 6.07) is 7.02. The van der Waals surface area contributed by atoms with Crippen LogP contribution in [0.2, 0.25) is 10.0 Å². The van der Waals surface area contributed by atoms with Gasteiger partial charge in [-0.2, -0.15) is 0 Å². The number of likely N-dealkylation sites (N-methyl/N-ethyl adjacent to an activating group) is 1. The molecule has 1 N–H and O–H groups in total. The summed E-state index contributed by atoms with van der Waals surface area (Å²) in [5.41, 5.74) is 1.38. The van der Waals surface area contributed by atoms with Crippen molar-refractivity contribution < 1.29 is 4.79 Å². The molecule has 1 aromatic carbocycles. The average Bonchev–Trinajstić information content (AvgIpc) is 2.57. The first-order valence-corrected chi connectivity index (χ1v) is 9.28. The van der Waals surface area contributed by atoms with E-state index in [1.54, 1.807) is 23.1 Å². The molecule has 0 unspecified atom stereocenters.